The number of benzene rings is 2. The molecule has 0 fully saturated rings. The Morgan fingerprint density at radius 3 is 2.83 bits per heavy atom. The monoisotopic (exact) mass is 362 g/mol. The highest BCUT2D eigenvalue weighted by Gasteiger charge is 2.16. The van der Waals surface area contributed by atoms with Gasteiger partial charge in [-0.2, -0.15) is 0 Å². The number of thioether (sulfide) groups is 1. The largest absolute Gasteiger partial charge is 0.482 e. The fourth-order valence-corrected chi connectivity index (χ4v) is 3.15. The van der Waals surface area contributed by atoms with Crippen molar-refractivity contribution in [1.82, 2.24) is 0 Å². The third-order valence-corrected chi connectivity index (χ3v) is 4.57. The van der Waals surface area contributed by atoms with Crippen molar-refractivity contribution in [1.29, 1.82) is 0 Å². The zero-order chi connectivity index (χ0) is 16.9. The van der Waals surface area contributed by atoms with Gasteiger partial charge in [0.2, 0.25) is 5.91 Å². The summed E-state index contributed by atoms with van der Waals surface area (Å²) in [6, 6.07) is 12.7. The maximum Gasteiger partial charge on any atom is 0.262 e. The molecule has 3 rings (SSSR count). The van der Waals surface area contributed by atoms with E-state index in [1.54, 1.807) is 30.0 Å². The summed E-state index contributed by atoms with van der Waals surface area (Å²) in [5, 5.41) is 6.23. The lowest BCUT2D eigenvalue weighted by Gasteiger charge is -2.18. The van der Waals surface area contributed by atoms with Gasteiger partial charge in [-0.3, -0.25) is 9.59 Å². The first-order valence-corrected chi connectivity index (χ1v) is 8.71. The quantitative estimate of drug-likeness (QED) is 0.794. The Labute approximate surface area is 148 Å². The molecule has 2 aromatic carbocycles. The van der Waals surface area contributed by atoms with E-state index < -0.39 is 0 Å². The molecule has 2 N–H and O–H groups in total. The molecule has 1 aliphatic heterocycles. The first-order chi connectivity index (χ1) is 11.6. The van der Waals surface area contributed by atoms with Crippen molar-refractivity contribution in [2.24, 2.45) is 0 Å². The Kier molecular flexibility index (Phi) is 5.27. The summed E-state index contributed by atoms with van der Waals surface area (Å²) in [6.07, 6.45) is 0.382. The fraction of sp³-hybridized carbons (Fsp3) is 0.176. The minimum Gasteiger partial charge on any atom is -0.482 e. The molecule has 0 aromatic heterocycles. The summed E-state index contributed by atoms with van der Waals surface area (Å²) in [6.45, 7) is 0.0145. The molecular formula is C17H15ClN2O3S. The summed E-state index contributed by atoms with van der Waals surface area (Å²) >= 11 is 7.43. The van der Waals surface area contributed by atoms with Gasteiger partial charge in [-0.05, 0) is 42.5 Å². The minimum atomic E-state index is -0.203. The van der Waals surface area contributed by atoms with Crippen LogP contribution >= 0.6 is 23.4 Å². The molecule has 0 spiro atoms. The molecule has 7 heteroatoms. The molecule has 2 aromatic rings. The molecule has 5 nitrogen and oxygen atoms in total. The summed E-state index contributed by atoms with van der Waals surface area (Å²) < 4.78 is 5.28. The van der Waals surface area contributed by atoms with Gasteiger partial charge in [0.1, 0.15) is 5.75 Å². The van der Waals surface area contributed by atoms with Crippen LogP contribution in [0.3, 0.4) is 0 Å². The number of carbonyl (C=O) groups is 2. The van der Waals surface area contributed by atoms with Crippen LogP contribution < -0.4 is 15.4 Å². The Balaban J connectivity index is 1.50. The first kappa shape index (κ1) is 16.7. The lowest BCUT2D eigenvalue weighted by atomic mass is 10.2. The number of ether oxygens (including phenoxy) is 1. The van der Waals surface area contributed by atoms with Gasteiger partial charge in [-0.15, -0.1) is 11.8 Å². The predicted molar refractivity (Wildman–Crippen MR) is 96.0 cm³/mol. The van der Waals surface area contributed by atoms with E-state index in [-0.39, 0.29) is 18.4 Å². The number of nitrogens with one attached hydrogen (secondary N) is 2. The van der Waals surface area contributed by atoms with E-state index in [0.717, 1.165) is 4.90 Å². The van der Waals surface area contributed by atoms with Gasteiger partial charge < -0.3 is 15.4 Å². The molecule has 0 unspecified atom stereocenters. The highest BCUT2D eigenvalue weighted by molar-refractivity contribution is 7.99. The molecule has 1 aliphatic rings. The van der Waals surface area contributed by atoms with Crippen LogP contribution in [-0.2, 0) is 9.59 Å². The van der Waals surface area contributed by atoms with E-state index in [1.807, 2.05) is 24.3 Å². The summed E-state index contributed by atoms with van der Waals surface area (Å²) in [5.41, 5.74) is 1.20. The maximum atomic E-state index is 12.0. The van der Waals surface area contributed by atoms with Crippen LogP contribution in [0, 0.1) is 0 Å². The second kappa shape index (κ2) is 7.59. The molecule has 124 valence electrons. The van der Waals surface area contributed by atoms with Crippen molar-refractivity contribution in [3.8, 4) is 5.75 Å². The van der Waals surface area contributed by atoms with Gasteiger partial charge in [0.05, 0.1) is 5.69 Å². The zero-order valence-corrected chi connectivity index (χ0v) is 14.2. The molecule has 0 atom stereocenters. The highest BCUT2D eigenvalue weighted by atomic mass is 35.5. The highest BCUT2D eigenvalue weighted by Crippen LogP contribution is 2.30. The molecule has 2 amide bonds. The molecule has 0 radical (unpaired) electrons. The third-order valence-electron chi connectivity index (χ3n) is 3.31. The number of amides is 2. The standard InChI is InChI=1S/C17H15ClN2O3S/c18-11-1-4-13(5-2-11)24-8-7-16(21)19-12-3-6-15-14(9-12)20-17(22)10-23-15/h1-6,9H,7-8,10H2,(H,19,21)(H,20,22). The van der Waals surface area contributed by atoms with Gasteiger partial charge in [-0.1, -0.05) is 11.6 Å². The second-order valence-corrected chi connectivity index (χ2v) is 6.75. The molecule has 0 aliphatic carbocycles. The summed E-state index contributed by atoms with van der Waals surface area (Å²) in [5.74, 6) is 0.980. The summed E-state index contributed by atoms with van der Waals surface area (Å²) in [4.78, 5) is 24.4. The van der Waals surface area contributed by atoms with Gasteiger partial charge in [0.25, 0.3) is 5.91 Å². The van der Waals surface area contributed by atoms with Crippen molar-refractivity contribution in [2.45, 2.75) is 11.3 Å². The molecule has 0 saturated carbocycles. The van der Waals surface area contributed by atoms with Crippen LogP contribution in [-0.4, -0.2) is 24.2 Å². The fourth-order valence-electron chi connectivity index (χ4n) is 2.18. The number of carbonyl (C=O) groups excluding carboxylic acids is 2. The smallest absolute Gasteiger partial charge is 0.262 e. The van der Waals surface area contributed by atoms with Crippen LogP contribution in [0.2, 0.25) is 5.02 Å². The van der Waals surface area contributed by atoms with Crippen LogP contribution in [0.25, 0.3) is 0 Å². The number of fused-ring (bicyclic) bond motifs is 1. The van der Waals surface area contributed by atoms with Crippen molar-refractivity contribution < 1.29 is 14.3 Å². The Bertz CT molecular complexity index is 765. The SMILES string of the molecule is O=C(CCSc1ccc(Cl)cc1)Nc1ccc2c(c1)NC(=O)CO2. The first-order valence-electron chi connectivity index (χ1n) is 7.35. The molecule has 24 heavy (non-hydrogen) atoms. The number of halogens is 1. The number of hydrogen-bond acceptors (Lipinski definition) is 4. The van der Waals surface area contributed by atoms with Crippen LogP contribution in [0.5, 0.6) is 5.75 Å². The minimum absolute atomic E-state index is 0.0145. The number of hydrogen-bond donors (Lipinski definition) is 2. The zero-order valence-electron chi connectivity index (χ0n) is 12.7. The number of rotatable bonds is 5. The van der Waals surface area contributed by atoms with Crippen molar-refractivity contribution in [3.05, 3.63) is 47.5 Å². The van der Waals surface area contributed by atoms with Crippen LogP contribution in [0.15, 0.2) is 47.4 Å². The average Bonchev–Trinajstić information content (AvgIpc) is 2.56. The van der Waals surface area contributed by atoms with E-state index in [1.165, 1.54) is 0 Å². The second-order valence-electron chi connectivity index (χ2n) is 5.15. The maximum absolute atomic E-state index is 12.0. The van der Waals surface area contributed by atoms with Gasteiger partial charge in [0, 0.05) is 27.8 Å². The predicted octanol–water partition coefficient (Wildman–Crippen LogP) is 3.79. The normalized spacial score (nSPS) is 12.8. The van der Waals surface area contributed by atoms with Gasteiger partial charge in [-0.25, -0.2) is 0 Å². The molecular weight excluding hydrogens is 348 g/mol. The Hall–Kier alpha value is -2.18. The third kappa shape index (κ3) is 4.43. The lowest BCUT2D eigenvalue weighted by Crippen LogP contribution is -2.25. The van der Waals surface area contributed by atoms with Gasteiger partial charge >= 0.3 is 0 Å². The van der Waals surface area contributed by atoms with Gasteiger partial charge in [0.15, 0.2) is 6.61 Å². The van der Waals surface area contributed by atoms with E-state index >= 15 is 0 Å². The lowest BCUT2D eigenvalue weighted by molar-refractivity contribution is -0.118. The Morgan fingerprint density at radius 2 is 2.04 bits per heavy atom. The van der Waals surface area contributed by atoms with Crippen LogP contribution in [0.4, 0.5) is 11.4 Å². The molecule has 1 heterocycles. The van der Waals surface area contributed by atoms with E-state index in [2.05, 4.69) is 10.6 Å². The van der Waals surface area contributed by atoms with E-state index in [0.29, 0.717) is 34.3 Å². The Morgan fingerprint density at radius 1 is 1.25 bits per heavy atom. The van der Waals surface area contributed by atoms with Crippen molar-refractivity contribution >= 4 is 46.6 Å². The topological polar surface area (TPSA) is 67.4 Å². The number of anilines is 2. The van der Waals surface area contributed by atoms with Crippen molar-refractivity contribution in [3.63, 3.8) is 0 Å². The average molecular weight is 363 g/mol. The summed E-state index contributed by atoms with van der Waals surface area (Å²) in [7, 11) is 0. The molecule has 0 saturated heterocycles. The van der Waals surface area contributed by atoms with Crippen molar-refractivity contribution in [2.75, 3.05) is 23.0 Å². The van der Waals surface area contributed by atoms with E-state index in [9.17, 15) is 9.59 Å². The molecule has 0 bridgehead atoms. The van der Waals surface area contributed by atoms with E-state index in [4.69, 9.17) is 16.3 Å². The van der Waals surface area contributed by atoms with Crippen LogP contribution in [0.1, 0.15) is 6.42 Å².